The summed E-state index contributed by atoms with van der Waals surface area (Å²) in [6.45, 7) is 1.12. The highest BCUT2D eigenvalue weighted by molar-refractivity contribution is 7.92. The number of carbonyl (C=O) groups excluding carboxylic acids is 2. The van der Waals surface area contributed by atoms with E-state index in [4.69, 9.17) is 0 Å². The van der Waals surface area contributed by atoms with Crippen molar-refractivity contribution in [2.45, 2.75) is 38.5 Å². The van der Waals surface area contributed by atoms with Crippen LogP contribution in [0, 0.1) is 5.82 Å². The summed E-state index contributed by atoms with van der Waals surface area (Å²) in [7, 11) is -4.24. The van der Waals surface area contributed by atoms with E-state index in [1.54, 1.807) is 30.3 Å². The van der Waals surface area contributed by atoms with Crippen molar-refractivity contribution in [3.05, 3.63) is 101 Å². The van der Waals surface area contributed by atoms with Crippen LogP contribution in [-0.2, 0) is 38.8 Å². The topological polar surface area (TPSA) is 86.8 Å². The zero-order chi connectivity index (χ0) is 30.2. The van der Waals surface area contributed by atoms with Gasteiger partial charge in [0, 0.05) is 19.5 Å². The first-order valence-electron chi connectivity index (χ1n) is 12.8. The molecule has 0 bridgehead atoms. The number of alkyl halides is 3. The van der Waals surface area contributed by atoms with Gasteiger partial charge in [0.2, 0.25) is 21.8 Å². The van der Waals surface area contributed by atoms with Gasteiger partial charge in [-0.2, -0.15) is 13.2 Å². The Labute approximate surface area is 236 Å². The Balaban J connectivity index is 2.06. The van der Waals surface area contributed by atoms with E-state index in [1.165, 1.54) is 29.2 Å². The maximum Gasteiger partial charge on any atom is 0.416 e. The van der Waals surface area contributed by atoms with Crippen LogP contribution in [0.25, 0.3) is 0 Å². The van der Waals surface area contributed by atoms with Crippen molar-refractivity contribution in [1.29, 1.82) is 0 Å². The molecule has 0 spiro atoms. The van der Waals surface area contributed by atoms with Crippen LogP contribution in [0.1, 0.15) is 30.0 Å². The molecule has 3 aromatic carbocycles. The number of carbonyl (C=O) groups is 2. The average molecular weight is 594 g/mol. The van der Waals surface area contributed by atoms with E-state index in [0.29, 0.717) is 28.9 Å². The van der Waals surface area contributed by atoms with E-state index >= 15 is 0 Å². The second-order valence-electron chi connectivity index (χ2n) is 9.46. The number of hydrogen-bond donors (Lipinski definition) is 1. The smallest absolute Gasteiger partial charge is 0.354 e. The van der Waals surface area contributed by atoms with Crippen molar-refractivity contribution >= 4 is 27.5 Å². The van der Waals surface area contributed by atoms with Gasteiger partial charge in [0.1, 0.15) is 18.4 Å². The lowest BCUT2D eigenvalue weighted by molar-refractivity contribution is -0.140. The number of hydrogen-bond acceptors (Lipinski definition) is 4. The highest BCUT2D eigenvalue weighted by Gasteiger charge is 2.35. The monoisotopic (exact) mass is 593 g/mol. The van der Waals surface area contributed by atoms with E-state index in [2.05, 4.69) is 5.32 Å². The Morgan fingerprint density at radius 1 is 0.927 bits per heavy atom. The minimum Gasteiger partial charge on any atom is -0.354 e. The van der Waals surface area contributed by atoms with Crippen LogP contribution in [0.5, 0.6) is 0 Å². The van der Waals surface area contributed by atoms with Crippen LogP contribution >= 0.6 is 0 Å². The minimum absolute atomic E-state index is 0.0752. The van der Waals surface area contributed by atoms with Crippen molar-refractivity contribution in [2.24, 2.45) is 0 Å². The van der Waals surface area contributed by atoms with Gasteiger partial charge in [-0.1, -0.05) is 55.5 Å². The first-order valence-corrected chi connectivity index (χ1v) is 14.6. The van der Waals surface area contributed by atoms with E-state index in [1.807, 2.05) is 6.92 Å². The molecule has 2 amide bonds. The molecule has 0 saturated heterocycles. The van der Waals surface area contributed by atoms with Crippen molar-refractivity contribution in [2.75, 3.05) is 23.7 Å². The maximum absolute atomic E-state index is 13.9. The Hall–Kier alpha value is -3.93. The van der Waals surface area contributed by atoms with Crippen LogP contribution < -0.4 is 9.62 Å². The molecule has 7 nitrogen and oxygen atoms in total. The lowest BCUT2D eigenvalue weighted by Gasteiger charge is -2.33. The molecule has 12 heteroatoms. The molecule has 0 aliphatic rings. The first-order chi connectivity index (χ1) is 19.3. The van der Waals surface area contributed by atoms with Gasteiger partial charge in [-0.25, -0.2) is 12.8 Å². The number of rotatable bonds is 12. The van der Waals surface area contributed by atoms with Gasteiger partial charge in [-0.3, -0.25) is 13.9 Å². The molecule has 0 heterocycles. The van der Waals surface area contributed by atoms with Gasteiger partial charge < -0.3 is 10.2 Å². The number of amides is 2. The SMILES string of the molecule is CCCNC(=O)[C@@H](Cc1ccccc1)N(Cc1ccc(F)cc1)C(=O)CN(c1cccc(C(F)(F)F)c1)S(C)(=O)=O. The highest BCUT2D eigenvalue weighted by Crippen LogP contribution is 2.32. The van der Waals surface area contributed by atoms with Gasteiger partial charge in [0.15, 0.2) is 0 Å². The molecule has 0 aliphatic carbocycles. The molecule has 3 rings (SSSR count). The van der Waals surface area contributed by atoms with Crippen molar-refractivity contribution < 1.29 is 35.6 Å². The minimum atomic E-state index is -4.74. The summed E-state index contributed by atoms with van der Waals surface area (Å²) in [6, 6.07) is 16.6. The Bertz CT molecular complexity index is 1430. The summed E-state index contributed by atoms with van der Waals surface area (Å²) in [5.41, 5.74) is -0.252. The van der Waals surface area contributed by atoms with Crippen LogP contribution in [0.15, 0.2) is 78.9 Å². The van der Waals surface area contributed by atoms with Crippen LogP contribution in [0.4, 0.5) is 23.2 Å². The zero-order valence-electron chi connectivity index (χ0n) is 22.6. The summed E-state index contributed by atoms with van der Waals surface area (Å²) in [6.07, 6.45) is -3.27. The summed E-state index contributed by atoms with van der Waals surface area (Å²) in [4.78, 5) is 28.4. The van der Waals surface area contributed by atoms with E-state index in [-0.39, 0.29) is 18.7 Å². The lowest BCUT2D eigenvalue weighted by Crippen LogP contribution is -2.53. The Morgan fingerprint density at radius 2 is 1.59 bits per heavy atom. The normalized spacial score (nSPS) is 12.4. The third kappa shape index (κ3) is 9.04. The Kier molecular flexibility index (Phi) is 10.5. The van der Waals surface area contributed by atoms with Gasteiger partial charge >= 0.3 is 6.18 Å². The van der Waals surface area contributed by atoms with Crippen molar-refractivity contribution in [3.63, 3.8) is 0 Å². The summed E-state index contributed by atoms with van der Waals surface area (Å²) < 4.78 is 79.8. The molecule has 0 radical (unpaired) electrons. The number of nitrogens with one attached hydrogen (secondary N) is 1. The molecule has 220 valence electrons. The molecule has 41 heavy (non-hydrogen) atoms. The quantitative estimate of drug-likeness (QED) is 0.307. The molecule has 0 aromatic heterocycles. The zero-order valence-corrected chi connectivity index (χ0v) is 23.4. The lowest BCUT2D eigenvalue weighted by atomic mass is 10.0. The van der Waals surface area contributed by atoms with Gasteiger partial charge in [0.05, 0.1) is 17.5 Å². The summed E-state index contributed by atoms with van der Waals surface area (Å²) in [5, 5.41) is 2.77. The van der Waals surface area contributed by atoms with Crippen LogP contribution in [0.3, 0.4) is 0 Å². The van der Waals surface area contributed by atoms with Crippen molar-refractivity contribution in [1.82, 2.24) is 10.2 Å². The predicted molar refractivity (Wildman–Crippen MR) is 148 cm³/mol. The van der Waals surface area contributed by atoms with Crippen molar-refractivity contribution in [3.8, 4) is 0 Å². The maximum atomic E-state index is 13.9. The molecule has 0 fully saturated rings. The number of anilines is 1. The molecule has 0 saturated carbocycles. The molecule has 0 aliphatic heterocycles. The van der Waals surface area contributed by atoms with E-state index < -0.39 is 52.0 Å². The number of halogens is 4. The fourth-order valence-corrected chi connectivity index (χ4v) is 5.00. The van der Waals surface area contributed by atoms with Crippen LogP contribution in [-0.4, -0.2) is 50.5 Å². The third-order valence-electron chi connectivity index (χ3n) is 6.23. The number of sulfonamides is 1. The van der Waals surface area contributed by atoms with E-state index in [9.17, 15) is 35.6 Å². The molecule has 1 atom stereocenters. The fraction of sp³-hybridized carbons (Fsp3) is 0.310. The molecule has 0 unspecified atom stereocenters. The summed E-state index contributed by atoms with van der Waals surface area (Å²) >= 11 is 0. The Morgan fingerprint density at radius 3 is 2.17 bits per heavy atom. The number of nitrogens with zero attached hydrogens (tertiary/aromatic N) is 2. The largest absolute Gasteiger partial charge is 0.416 e. The molecule has 1 N–H and O–H groups in total. The second-order valence-corrected chi connectivity index (χ2v) is 11.4. The first kappa shape index (κ1) is 31.6. The number of benzene rings is 3. The van der Waals surface area contributed by atoms with E-state index in [0.717, 1.165) is 30.0 Å². The van der Waals surface area contributed by atoms with Gasteiger partial charge in [0.25, 0.3) is 0 Å². The molecule has 3 aromatic rings. The van der Waals surface area contributed by atoms with Gasteiger partial charge in [-0.05, 0) is 47.9 Å². The summed E-state index contributed by atoms with van der Waals surface area (Å²) in [5.74, 6) is -1.83. The predicted octanol–water partition coefficient (Wildman–Crippen LogP) is 4.78. The average Bonchev–Trinajstić information content (AvgIpc) is 2.92. The third-order valence-corrected chi connectivity index (χ3v) is 7.37. The highest BCUT2D eigenvalue weighted by atomic mass is 32.2. The second kappa shape index (κ2) is 13.6. The van der Waals surface area contributed by atoms with Gasteiger partial charge in [-0.15, -0.1) is 0 Å². The molecular weight excluding hydrogens is 562 g/mol. The standard InChI is InChI=1S/C29H31F4N3O4S/c1-3-16-34-28(38)26(17-21-8-5-4-6-9-21)35(19-22-12-14-24(30)15-13-22)27(37)20-36(41(2,39)40)25-11-7-10-23(18-25)29(31,32)33/h4-15,18,26H,3,16-17,19-20H2,1-2H3,(H,34,38)/t26-/m1/s1. The van der Waals surface area contributed by atoms with Crippen LogP contribution in [0.2, 0.25) is 0 Å². The fourth-order valence-electron chi connectivity index (χ4n) is 4.16. The molecular formula is C29H31F4N3O4S.